The molecule has 0 unspecified atom stereocenters. The molecule has 0 spiro atoms. The van der Waals surface area contributed by atoms with E-state index in [0.717, 1.165) is 19.3 Å². The van der Waals surface area contributed by atoms with Crippen molar-refractivity contribution in [3.63, 3.8) is 0 Å². The summed E-state index contributed by atoms with van der Waals surface area (Å²) in [5.74, 6) is 0. The van der Waals surface area contributed by atoms with Gasteiger partial charge in [0.25, 0.3) is 0 Å². The average molecular weight is 349 g/mol. The van der Waals surface area contributed by atoms with E-state index in [1.54, 1.807) is 6.26 Å². The SMILES string of the molecule is CCCCCCCCCCCCO[SH](C)(=O)OC1CCCCC1. The predicted octanol–water partition coefficient (Wildman–Crippen LogP) is 5.75. The topological polar surface area (TPSA) is 35.5 Å². The van der Waals surface area contributed by atoms with Crippen molar-refractivity contribution in [3.05, 3.63) is 0 Å². The summed E-state index contributed by atoms with van der Waals surface area (Å²) in [4.78, 5) is 0. The molecular formula is C19H40O3S. The maximum atomic E-state index is 12.3. The molecule has 4 heteroatoms. The highest BCUT2D eigenvalue weighted by molar-refractivity contribution is 7.93. The molecular weight excluding hydrogens is 308 g/mol. The van der Waals surface area contributed by atoms with Crippen LogP contribution >= 0.6 is 0 Å². The number of hydrogen-bond donors (Lipinski definition) is 1. The molecule has 0 aromatic carbocycles. The molecule has 3 nitrogen and oxygen atoms in total. The molecule has 0 bridgehead atoms. The second-order valence-electron chi connectivity index (χ2n) is 7.15. The Morgan fingerprint density at radius 2 is 1.35 bits per heavy atom. The van der Waals surface area contributed by atoms with E-state index in [-0.39, 0.29) is 6.10 Å². The van der Waals surface area contributed by atoms with Gasteiger partial charge in [-0.05, 0) is 19.3 Å². The first-order valence-corrected chi connectivity index (χ1v) is 12.0. The van der Waals surface area contributed by atoms with Gasteiger partial charge in [0.1, 0.15) is 0 Å². The van der Waals surface area contributed by atoms with Crippen LogP contribution in [0.4, 0.5) is 0 Å². The van der Waals surface area contributed by atoms with Gasteiger partial charge in [0.15, 0.2) is 0 Å². The van der Waals surface area contributed by atoms with Crippen molar-refractivity contribution >= 4 is 10.5 Å². The van der Waals surface area contributed by atoms with Gasteiger partial charge in [0.2, 0.25) is 0 Å². The Morgan fingerprint density at radius 1 is 0.826 bits per heavy atom. The van der Waals surface area contributed by atoms with Crippen molar-refractivity contribution in [3.8, 4) is 0 Å². The minimum absolute atomic E-state index is 0.160. The predicted molar refractivity (Wildman–Crippen MR) is 101 cm³/mol. The van der Waals surface area contributed by atoms with E-state index < -0.39 is 10.5 Å². The van der Waals surface area contributed by atoms with Gasteiger partial charge >= 0.3 is 0 Å². The number of unbranched alkanes of at least 4 members (excludes halogenated alkanes) is 9. The van der Waals surface area contributed by atoms with Crippen molar-refractivity contribution in [2.24, 2.45) is 0 Å². The molecule has 0 aromatic rings. The van der Waals surface area contributed by atoms with E-state index in [2.05, 4.69) is 6.92 Å². The van der Waals surface area contributed by atoms with Crippen LogP contribution in [-0.2, 0) is 18.9 Å². The second kappa shape index (κ2) is 13.4. The Labute approximate surface area is 145 Å². The van der Waals surface area contributed by atoms with Crippen LogP contribution in [0, 0.1) is 0 Å². The van der Waals surface area contributed by atoms with Gasteiger partial charge < -0.3 is 0 Å². The first-order valence-electron chi connectivity index (χ1n) is 10.0. The third kappa shape index (κ3) is 12.1. The summed E-state index contributed by atoms with van der Waals surface area (Å²) in [6.45, 7) is 2.84. The van der Waals surface area contributed by atoms with Crippen LogP contribution in [-0.4, -0.2) is 23.2 Å². The summed E-state index contributed by atoms with van der Waals surface area (Å²) in [6, 6.07) is 0. The molecule has 23 heavy (non-hydrogen) atoms. The summed E-state index contributed by atoms with van der Waals surface area (Å²) < 4.78 is 23.5. The Balaban J connectivity index is 1.90. The van der Waals surface area contributed by atoms with E-state index in [9.17, 15) is 4.21 Å². The monoisotopic (exact) mass is 348 g/mol. The van der Waals surface area contributed by atoms with Gasteiger partial charge in [-0.3, -0.25) is 8.37 Å². The lowest BCUT2D eigenvalue weighted by molar-refractivity contribution is 0.134. The minimum atomic E-state index is -2.84. The lowest BCUT2D eigenvalue weighted by Gasteiger charge is -2.28. The Bertz CT molecular complexity index is 314. The van der Waals surface area contributed by atoms with Gasteiger partial charge in [-0.1, -0.05) is 84.0 Å². The zero-order valence-electron chi connectivity index (χ0n) is 15.6. The molecule has 0 saturated heterocycles. The summed E-state index contributed by atoms with van der Waals surface area (Å²) >= 11 is 0. The van der Waals surface area contributed by atoms with Gasteiger partial charge in [0.05, 0.1) is 23.2 Å². The number of rotatable bonds is 14. The summed E-state index contributed by atoms with van der Waals surface area (Å²) in [6.07, 6.45) is 20.6. The molecule has 0 aliphatic heterocycles. The van der Waals surface area contributed by atoms with Gasteiger partial charge in [-0.15, -0.1) is 0 Å². The third-order valence-corrected chi connectivity index (χ3v) is 6.05. The smallest absolute Gasteiger partial charge is 0.0755 e. The van der Waals surface area contributed by atoms with Crippen molar-refractivity contribution in [2.75, 3.05) is 12.9 Å². The summed E-state index contributed by atoms with van der Waals surface area (Å²) in [5, 5.41) is 0. The van der Waals surface area contributed by atoms with Crippen molar-refractivity contribution in [1.29, 1.82) is 0 Å². The fraction of sp³-hybridized carbons (Fsp3) is 1.00. The van der Waals surface area contributed by atoms with Gasteiger partial charge in [-0.25, -0.2) is 4.21 Å². The van der Waals surface area contributed by atoms with Crippen LogP contribution in [0.5, 0.6) is 0 Å². The first-order chi connectivity index (χ1) is 11.1. The zero-order chi connectivity index (χ0) is 16.8. The largest absolute Gasteiger partial charge is 0.294 e. The molecule has 0 heterocycles. The number of thiol groups is 1. The third-order valence-electron chi connectivity index (χ3n) is 4.72. The fourth-order valence-corrected chi connectivity index (χ4v) is 4.57. The van der Waals surface area contributed by atoms with Crippen LogP contribution < -0.4 is 0 Å². The normalized spacial score (nSPS) is 17.5. The van der Waals surface area contributed by atoms with Crippen molar-refractivity contribution in [1.82, 2.24) is 0 Å². The molecule has 0 aromatic heterocycles. The summed E-state index contributed by atoms with van der Waals surface area (Å²) in [5.41, 5.74) is 0. The maximum absolute atomic E-state index is 12.3. The van der Waals surface area contributed by atoms with E-state index in [1.807, 2.05) is 0 Å². The van der Waals surface area contributed by atoms with Crippen LogP contribution in [0.25, 0.3) is 0 Å². The first kappa shape index (κ1) is 21.1. The van der Waals surface area contributed by atoms with E-state index >= 15 is 0 Å². The quantitative estimate of drug-likeness (QED) is 0.321. The number of hydrogen-bond acceptors (Lipinski definition) is 3. The maximum Gasteiger partial charge on any atom is 0.0755 e. The highest BCUT2D eigenvalue weighted by Crippen LogP contribution is 2.24. The molecule has 1 aliphatic rings. The lowest BCUT2D eigenvalue weighted by atomic mass is 9.98. The minimum Gasteiger partial charge on any atom is -0.294 e. The average Bonchev–Trinajstić information content (AvgIpc) is 2.53. The van der Waals surface area contributed by atoms with Gasteiger partial charge in [-0.2, -0.15) is 0 Å². The molecule has 1 saturated carbocycles. The Morgan fingerprint density at radius 3 is 1.91 bits per heavy atom. The van der Waals surface area contributed by atoms with Gasteiger partial charge in [0, 0.05) is 6.26 Å². The molecule has 0 radical (unpaired) electrons. The lowest BCUT2D eigenvalue weighted by Crippen LogP contribution is -2.27. The van der Waals surface area contributed by atoms with E-state index in [0.29, 0.717) is 6.61 Å². The highest BCUT2D eigenvalue weighted by Gasteiger charge is 2.19. The summed E-state index contributed by atoms with van der Waals surface area (Å²) in [7, 11) is -2.84. The Hall–Kier alpha value is 0.0700. The van der Waals surface area contributed by atoms with Crippen molar-refractivity contribution in [2.45, 2.75) is 109 Å². The molecule has 0 atom stereocenters. The Kier molecular flexibility index (Phi) is 12.3. The molecule has 140 valence electrons. The van der Waals surface area contributed by atoms with E-state index in [1.165, 1.54) is 77.0 Å². The van der Waals surface area contributed by atoms with Crippen molar-refractivity contribution < 1.29 is 12.6 Å². The molecule has 0 N–H and O–H groups in total. The fourth-order valence-electron chi connectivity index (χ4n) is 3.29. The molecule has 1 aliphatic carbocycles. The molecule has 1 fully saturated rings. The van der Waals surface area contributed by atoms with Crippen LogP contribution in [0.3, 0.4) is 0 Å². The standard InChI is InChI=1S/C19H40O3S/c1-3-4-5-6-7-8-9-10-11-15-18-21-23(2,20)22-19-16-13-12-14-17-19/h19,23H,3-18H2,1-2H3. The van der Waals surface area contributed by atoms with E-state index in [4.69, 9.17) is 8.37 Å². The van der Waals surface area contributed by atoms with Crippen LogP contribution in [0.15, 0.2) is 0 Å². The van der Waals surface area contributed by atoms with Crippen LogP contribution in [0.1, 0.15) is 103 Å². The molecule has 0 amide bonds. The zero-order valence-corrected chi connectivity index (χ0v) is 16.5. The highest BCUT2D eigenvalue weighted by atomic mass is 32.3. The van der Waals surface area contributed by atoms with Crippen LogP contribution in [0.2, 0.25) is 0 Å². The molecule has 1 rings (SSSR count). The second-order valence-corrected chi connectivity index (χ2v) is 9.16.